The number of hydrogen-bond acceptors (Lipinski definition) is 3. The van der Waals surface area contributed by atoms with Crippen molar-refractivity contribution >= 4 is 17.3 Å². The van der Waals surface area contributed by atoms with Gasteiger partial charge in [0.05, 0.1) is 5.52 Å². The topological polar surface area (TPSA) is 66.7 Å². The maximum Gasteiger partial charge on any atom is 0.287 e. The molecule has 1 N–H and O–H groups in total. The number of nitrogens with zero attached hydrogens (tertiary/aromatic N) is 3. The van der Waals surface area contributed by atoms with Gasteiger partial charge in [0.15, 0.2) is 5.69 Å². The van der Waals surface area contributed by atoms with E-state index in [0.29, 0.717) is 24.3 Å². The Bertz CT molecular complexity index is 976. The monoisotopic (exact) mass is 362 g/mol. The van der Waals surface area contributed by atoms with Gasteiger partial charge in [-0.3, -0.25) is 14.0 Å². The summed E-state index contributed by atoms with van der Waals surface area (Å²) in [6.45, 7) is 3.01. The molecule has 0 aliphatic heterocycles. The second kappa shape index (κ2) is 7.23. The molecule has 2 amide bonds. The van der Waals surface area contributed by atoms with Crippen molar-refractivity contribution in [2.24, 2.45) is 0 Å². The lowest BCUT2D eigenvalue weighted by atomic mass is 10.2. The van der Waals surface area contributed by atoms with Crippen LogP contribution in [0.5, 0.6) is 0 Å². The third-order valence-corrected chi connectivity index (χ3v) is 4.75. The predicted molar refractivity (Wildman–Crippen MR) is 103 cm³/mol. The minimum Gasteiger partial charge on any atom is -0.347 e. The number of aromatic nitrogens is 2. The van der Waals surface area contributed by atoms with E-state index in [9.17, 15) is 9.59 Å². The van der Waals surface area contributed by atoms with Crippen molar-refractivity contribution in [3.8, 4) is 0 Å². The Morgan fingerprint density at radius 2 is 1.89 bits per heavy atom. The molecule has 4 rings (SSSR count). The van der Waals surface area contributed by atoms with E-state index in [-0.39, 0.29) is 23.7 Å². The SMILES string of the molecule is CCN(Cc1ccccc1)C(=O)c1nc(C(=O)NC2CC2)n2ccccc12. The Morgan fingerprint density at radius 3 is 2.59 bits per heavy atom. The molecule has 0 unspecified atom stereocenters. The van der Waals surface area contributed by atoms with Crippen molar-refractivity contribution in [3.63, 3.8) is 0 Å². The summed E-state index contributed by atoms with van der Waals surface area (Å²) in [6.07, 6.45) is 3.78. The Morgan fingerprint density at radius 1 is 1.15 bits per heavy atom. The summed E-state index contributed by atoms with van der Waals surface area (Å²) in [5, 5.41) is 2.95. The van der Waals surface area contributed by atoms with Crippen molar-refractivity contribution in [1.82, 2.24) is 19.6 Å². The lowest BCUT2D eigenvalue weighted by Crippen LogP contribution is -2.31. The Balaban J connectivity index is 1.67. The fraction of sp³-hybridized carbons (Fsp3) is 0.286. The van der Waals surface area contributed by atoms with E-state index in [1.807, 2.05) is 55.5 Å². The van der Waals surface area contributed by atoms with E-state index in [1.165, 1.54) is 0 Å². The second-order valence-electron chi connectivity index (χ2n) is 6.79. The molecule has 27 heavy (non-hydrogen) atoms. The van der Waals surface area contributed by atoms with Crippen LogP contribution in [0.2, 0.25) is 0 Å². The van der Waals surface area contributed by atoms with Crippen molar-refractivity contribution < 1.29 is 9.59 Å². The standard InChI is InChI=1S/C21H22N4O2/c1-2-24(14-15-8-4-3-5-9-15)21(27)18-17-10-6-7-13-25(17)19(23-18)20(26)22-16-11-12-16/h3-10,13,16H,2,11-12,14H2,1H3,(H,22,26). The molecule has 2 heterocycles. The zero-order chi connectivity index (χ0) is 18.8. The molecule has 0 bridgehead atoms. The lowest BCUT2D eigenvalue weighted by molar-refractivity contribution is 0.0749. The van der Waals surface area contributed by atoms with Gasteiger partial charge in [-0.1, -0.05) is 36.4 Å². The van der Waals surface area contributed by atoms with Gasteiger partial charge in [0.25, 0.3) is 11.8 Å². The molecule has 0 atom stereocenters. The van der Waals surface area contributed by atoms with Crippen LogP contribution in [-0.4, -0.2) is 38.7 Å². The van der Waals surface area contributed by atoms with Crippen LogP contribution in [0.4, 0.5) is 0 Å². The number of carbonyl (C=O) groups is 2. The van der Waals surface area contributed by atoms with E-state index in [4.69, 9.17) is 0 Å². The maximum absolute atomic E-state index is 13.2. The number of benzene rings is 1. The largest absolute Gasteiger partial charge is 0.347 e. The summed E-state index contributed by atoms with van der Waals surface area (Å²) in [5.74, 6) is -0.143. The van der Waals surface area contributed by atoms with Gasteiger partial charge >= 0.3 is 0 Å². The van der Waals surface area contributed by atoms with Gasteiger partial charge in [0.2, 0.25) is 5.82 Å². The third-order valence-electron chi connectivity index (χ3n) is 4.75. The number of rotatable bonds is 6. The minimum absolute atomic E-state index is 0.171. The first-order valence-electron chi connectivity index (χ1n) is 9.28. The molecule has 2 aromatic heterocycles. The van der Waals surface area contributed by atoms with Gasteiger partial charge in [0.1, 0.15) is 0 Å². The van der Waals surface area contributed by atoms with Gasteiger partial charge in [-0.05, 0) is 37.5 Å². The number of imidazole rings is 1. The summed E-state index contributed by atoms with van der Waals surface area (Å²) >= 11 is 0. The molecule has 0 spiro atoms. The minimum atomic E-state index is -0.233. The highest BCUT2D eigenvalue weighted by Gasteiger charge is 2.28. The molecule has 0 radical (unpaired) electrons. The molecule has 6 nitrogen and oxygen atoms in total. The molecule has 1 aliphatic rings. The number of fused-ring (bicyclic) bond motifs is 1. The number of nitrogens with one attached hydrogen (secondary N) is 1. The number of carbonyl (C=O) groups excluding carboxylic acids is 2. The van der Waals surface area contributed by atoms with E-state index in [1.54, 1.807) is 15.5 Å². The fourth-order valence-corrected chi connectivity index (χ4v) is 3.11. The molecular weight excluding hydrogens is 340 g/mol. The third kappa shape index (κ3) is 3.56. The number of pyridine rings is 1. The molecular formula is C21H22N4O2. The summed E-state index contributed by atoms with van der Waals surface area (Å²) in [7, 11) is 0. The summed E-state index contributed by atoms with van der Waals surface area (Å²) in [6, 6.07) is 15.6. The molecule has 1 fully saturated rings. The Labute approximate surface area is 157 Å². The van der Waals surface area contributed by atoms with Crippen LogP contribution in [0.15, 0.2) is 54.7 Å². The quantitative estimate of drug-likeness (QED) is 0.733. The van der Waals surface area contributed by atoms with Crippen LogP contribution >= 0.6 is 0 Å². The van der Waals surface area contributed by atoms with Gasteiger partial charge in [-0.2, -0.15) is 0 Å². The second-order valence-corrected chi connectivity index (χ2v) is 6.79. The summed E-state index contributed by atoms with van der Waals surface area (Å²) in [4.78, 5) is 31.9. The van der Waals surface area contributed by atoms with Crippen LogP contribution in [-0.2, 0) is 6.54 Å². The first kappa shape index (κ1) is 17.3. The predicted octanol–water partition coefficient (Wildman–Crippen LogP) is 2.89. The summed E-state index contributed by atoms with van der Waals surface area (Å²) in [5.41, 5.74) is 2.02. The van der Waals surface area contributed by atoms with E-state index >= 15 is 0 Å². The molecule has 1 aliphatic carbocycles. The van der Waals surface area contributed by atoms with Crippen LogP contribution < -0.4 is 5.32 Å². The highest BCUT2D eigenvalue weighted by Crippen LogP contribution is 2.21. The normalized spacial score (nSPS) is 13.5. The molecule has 138 valence electrons. The van der Waals surface area contributed by atoms with Crippen molar-refractivity contribution in [2.75, 3.05) is 6.54 Å². The van der Waals surface area contributed by atoms with E-state index in [0.717, 1.165) is 18.4 Å². The Kier molecular flexibility index (Phi) is 4.62. The average molecular weight is 362 g/mol. The van der Waals surface area contributed by atoms with Crippen molar-refractivity contribution in [2.45, 2.75) is 32.4 Å². The van der Waals surface area contributed by atoms with Crippen LogP contribution in [0.1, 0.15) is 46.4 Å². The average Bonchev–Trinajstić information content (AvgIpc) is 3.43. The zero-order valence-corrected chi connectivity index (χ0v) is 15.3. The van der Waals surface area contributed by atoms with Crippen LogP contribution in [0, 0.1) is 0 Å². The molecule has 3 aromatic rings. The fourth-order valence-electron chi connectivity index (χ4n) is 3.11. The lowest BCUT2D eigenvalue weighted by Gasteiger charge is -2.20. The maximum atomic E-state index is 13.2. The summed E-state index contributed by atoms with van der Waals surface area (Å²) < 4.78 is 1.70. The highest BCUT2D eigenvalue weighted by molar-refractivity contribution is 6.02. The molecule has 1 aromatic carbocycles. The van der Waals surface area contributed by atoms with Crippen molar-refractivity contribution in [1.29, 1.82) is 0 Å². The first-order chi connectivity index (χ1) is 13.2. The molecule has 0 saturated heterocycles. The highest BCUT2D eigenvalue weighted by atomic mass is 16.2. The number of amides is 2. The van der Waals surface area contributed by atoms with Gasteiger partial charge in [0, 0.05) is 25.3 Å². The Hall–Kier alpha value is -3.15. The molecule has 1 saturated carbocycles. The van der Waals surface area contributed by atoms with Crippen LogP contribution in [0.3, 0.4) is 0 Å². The molecule has 6 heteroatoms. The smallest absolute Gasteiger partial charge is 0.287 e. The number of hydrogen-bond donors (Lipinski definition) is 1. The van der Waals surface area contributed by atoms with Gasteiger partial charge in [-0.25, -0.2) is 4.98 Å². The first-order valence-corrected chi connectivity index (χ1v) is 9.28. The van der Waals surface area contributed by atoms with E-state index in [2.05, 4.69) is 10.3 Å². The van der Waals surface area contributed by atoms with Gasteiger partial charge < -0.3 is 10.2 Å². The van der Waals surface area contributed by atoms with Crippen molar-refractivity contribution in [3.05, 3.63) is 71.8 Å². The van der Waals surface area contributed by atoms with Crippen LogP contribution in [0.25, 0.3) is 5.52 Å². The van der Waals surface area contributed by atoms with E-state index < -0.39 is 0 Å². The zero-order valence-electron chi connectivity index (χ0n) is 15.3. The van der Waals surface area contributed by atoms with Gasteiger partial charge in [-0.15, -0.1) is 0 Å².